The van der Waals surface area contributed by atoms with Crippen LogP contribution in [0.4, 0.5) is 0 Å². The van der Waals surface area contributed by atoms with Crippen LogP contribution in [0.1, 0.15) is 27.2 Å². The molecule has 0 amide bonds. The number of aliphatic imine (C=N–C) groups is 1. The predicted octanol–water partition coefficient (Wildman–Crippen LogP) is 3.00. The lowest BCUT2D eigenvalue weighted by atomic mass is 9.77. The number of rotatable bonds is 0. The van der Waals surface area contributed by atoms with Crippen LogP contribution in [-0.4, -0.2) is 22.6 Å². The van der Waals surface area contributed by atoms with Crippen LogP contribution in [-0.2, 0) is 4.79 Å². The third-order valence-electron chi connectivity index (χ3n) is 3.12. The highest BCUT2D eigenvalue weighted by atomic mass is 32.2. The summed E-state index contributed by atoms with van der Waals surface area (Å²) in [5.74, 6) is 0.121. The van der Waals surface area contributed by atoms with Gasteiger partial charge in [0.2, 0.25) is 0 Å². The quantitative estimate of drug-likeness (QED) is 0.646. The molecule has 1 spiro atoms. The molecule has 0 fully saturated rings. The number of carbonyl (C=O) groups is 1. The molecule has 0 aromatic carbocycles. The molecule has 3 heteroatoms. The molecule has 16 heavy (non-hydrogen) atoms. The van der Waals surface area contributed by atoms with Gasteiger partial charge in [-0.1, -0.05) is 12.2 Å². The SMILES string of the molecule is CSC1=NC(C)(C)C[C@]12C=CC(=O)C(C)=C2. The zero-order valence-electron chi connectivity index (χ0n) is 10.2. The predicted molar refractivity (Wildman–Crippen MR) is 70.0 cm³/mol. The Bertz CT molecular complexity index is 431. The minimum absolute atomic E-state index is 0.0279. The number of carbonyl (C=O) groups excluding carboxylic acids is 1. The Morgan fingerprint density at radius 3 is 2.69 bits per heavy atom. The van der Waals surface area contributed by atoms with Gasteiger partial charge in [0, 0.05) is 0 Å². The van der Waals surface area contributed by atoms with Crippen LogP contribution in [0.25, 0.3) is 0 Å². The van der Waals surface area contributed by atoms with E-state index in [2.05, 4.69) is 26.2 Å². The number of hydrogen-bond acceptors (Lipinski definition) is 3. The molecular weight excluding hydrogens is 218 g/mol. The van der Waals surface area contributed by atoms with Gasteiger partial charge in [-0.2, -0.15) is 0 Å². The molecule has 2 nitrogen and oxygen atoms in total. The molecule has 0 aromatic rings. The second kappa shape index (κ2) is 3.59. The molecule has 1 aliphatic heterocycles. The summed E-state index contributed by atoms with van der Waals surface area (Å²) in [7, 11) is 0. The van der Waals surface area contributed by atoms with E-state index in [0.717, 1.165) is 17.0 Å². The highest BCUT2D eigenvalue weighted by molar-refractivity contribution is 8.13. The van der Waals surface area contributed by atoms with Crippen LogP contribution in [0.2, 0.25) is 0 Å². The lowest BCUT2D eigenvalue weighted by molar-refractivity contribution is -0.111. The summed E-state index contributed by atoms with van der Waals surface area (Å²) in [6, 6.07) is 0. The van der Waals surface area contributed by atoms with E-state index in [1.807, 2.05) is 13.0 Å². The normalized spacial score (nSPS) is 31.9. The average Bonchev–Trinajstić information content (AvgIpc) is 2.44. The monoisotopic (exact) mass is 235 g/mol. The Balaban J connectivity index is 2.46. The van der Waals surface area contributed by atoms with E-state index < -0.39 is 0 Å². The maximum Gasteiger partial charge on any atom is 0.180 e. The van der Waals surface area contributed by atoms with E-state index in [1.165, 1.54) is 0 Å². The second-order valence-electron chi connectivity index (χ2n) is 5.18. The first-order chi connectivity index (χ1) is 7.38. The third-order valence-corrected chi connectivity index (χ3v) is 3.97. The van der Waals surface area contributed by atoms with Crippen molar-refractivity contribution >= 4 is 22.6 Å². The fourth-order valence-corrected chi connectivity index (χ4v) is 3.47. The number of allylic oxidation sites excluding steroid dienone is 4. The van der Waals surface area contributed by atoms with Crippen LogP contribution in [0.3, 0.4) is 0 Å². The summed E-state index contributed by atoms with van der Waals surface area (Å²) in [6.45, 7) is 6.17. The smallest absolute Gasteiger partial charge is 0.180 e. The fourth-order valence-electron chi connectivity index (χ4n) is 2.55. The van der Waals surface area contributed by atoms with Gasteiger partial charge in [0.15, 0.2) is 5.78 Å². The van der Waals surface area contributed by atoms with Crippen molar-refractivity contribution < 1.29 is 4.79 Å². The highest BCUT2D eigenvalue weighted by Gasteiger charge is 2.44. The molecule has 0 aromatic heterocycles. The number of ketones is 1. The van der Waals surface area contributed by atoms with E-state index in [4.69, 9.17) is 4.99 Å². The van der Waals surface area contributed by atoms with E-state index in [0.29, 0.717) is 0 Å². The summed E-state index contributed by atoms with van der Waals surface area (Å²) in [5, 5.41) is 1.13. The molecule has 0 radical (unpaired) electrons. The Hall–Kier alpha value is -0.830. The molecular formula is C13H17NOS. The van der Waals surface area contributed by atoms with E-state index in [1.54, 1.807) is 17.8 Å². The second-order valence-corrected chi connectivity index (χ2v) is 5.97. The lowest BCUT2D eigenvalue weighted by Crippen LogP contribution is -2.27. The Morgan fingerprint density at radius 2 is 2.12 bits per heavy atom. The first kappa shape index (κ1) is 11.6. The van der Waals surface area contributed by atoms with Gasteiger partial charge in [0.1, 0.15) is 0 Å². The van der Waals surface area contributed by atoms with Crippen LogP contribution in [0, 0.1) is 5.41 Å². The van der Waals surface area contributed by atoms with Crippen molar-refractivity contribution in [3.63, 3.8) is 0 Å². The Morgan fingerprint density at radius 1 is 1.44 bits per heavy atom. The number of thioether (sulfide) groups is 1. The molecule has 0 bridgehead atoms. The van der Waals surface area contributed by atoms with Gasteiger partial charge < -0.3 is 0 Å². The first-order valence-corrected chi connectivity index (χ1v) is 6.68. The Labute approximate surface area is 101 Å². The topological polar surface area (TPSA) is 29.4 Å². The average molecular weight is 235 g/mol. The number of nitrogens with zero attached hydrogens (tertiary/aromatic N) is 1. The zero-order valence-corrected chi connectivity index (χ0v) is 11.0. The van der Waals surface area contributed by atoms with Crippen LogP contribution in [0.5, 0.6) is 0 Å². The molecule has 0 N–H and O–H groups in total. The summed E-state index contributed by atoms with van der Waals surface area (Å²) in [6.07, 6.45) is 8.81. The standard InChI is InChI=1S/C13H17NOS/c1-9-7-13(6-5-10(9)15)8-12(2,3)14-11(13)16-4/h5-7H,8H2,1-4H3/t13-/m1/s1. The molecule has 1 heterocycles. The van der Waals surface area contributed by atoms with Gasteiger partial charge in [0.05, 0.1) is 16.0 Å². The summed E-state index contributed by atoms with van der Waals surface area (Å²) in [5.41, 5.74) is 0.683. The van der Waals surface area contributed by atoms with Crippen molar-refractivity contribution in [3.8, 4) is 0 Å². The third kappa shape index (κ3) is 1.77. The minimum atomic E-state index is -0.124. The summed E-state index contributed by atoms with van der Waals surface area (Å²) >= 11 is 1.69. The van der Waals surface area contributed by atoms with Crippen molar-refractivity contribution in [1.82, 2.24) is 0 Å². The maximum atomic E-state index is 11.5. The largest absolute Gasteiger partial charge is 0.290 e. The van der Waals surface area contributed by atoms with Gasteiger partial charge in [-0.05, 0) is 45.1 Å². The molecule has 0 unspecified atom stereocenters. The van der Waals surface area contributed by atoms with E-state index in [9.17, 15) is 4.79 Å². The van der Waals surface area contributed by atoms with Crippen molar-refractivity contribution in [2.24, 2.45) is 10.4 Å². The fraction of sp³-hybridized carbons (Fsp3) is 0.538. The first-order valence-electron chi connectivity index (χ1n) is 5.46. The summed E-state index contributed by atoms with van der Waals surface area (Å²) < 4.78 is 0. The molecule has 0 saturated carbocycles. The molecule has 1 atom stereocenters. The number of hydrogen-bond donors (Lipinski definition) is 0. The van der Waals surface area contributed by atoms with Crippen LogP contribution >= 0.6 is 11.8 Å². The maximum absolute atomic E-state index is 11.5. The Kier molecular flexibility index (Phi) is 2.61. The molecule has 2 aliphatic rings. The van der Waals surface area contributed by atoms with E-state index >= 15 is 0 Å². The molecule has 1 aliphatic carbocycles. The van der Waals surface area contributed by atoms with Gasteiger partial charge in [-0.15, -0.1) is 11.8 Å². The highest BCUT2D eigenvalue weighted by Crippen LogP contribution is 2.46. The molecule has 86 valence electrons. The summed E-state index contributed by atoms with van der Waals surface area (Å²) in [4.78, 5) is 16.2. The van der Waals surface area contributed by atoms with Crippen LogP contribution < -0.4 is 0 Å². The van der Waals surface area contributed by atoms with Crippen molar-refractivity contribution in [2.75, 3.05) is 6.26 Å². The van der Waals surface area contributed by atoms with Gasteiger partial charge >= 0.3 is 0 Å². The van der Waals surface area contributed by atoms with Gasteiger partial charge in [-0.3, -0.25) is 9.79 Å². The van der Waals surface area contributed by atoms with Gasteiger partial charge in [-0.25, -0.2) is 0 Å². The lowest BCUT2D eigenvalue weighted by Gasteiger charge is -2.28. The van der Waals surface area contributed by atoms with Crippen molar-refractivity contribution in [1.29, 1.82) is 0 Å². The van der Waals surface area contributed by atoms with Crippen molar-refractivity contribution in [3.05, 3.63) is 23.8 Å². The van der Waals surface area contributed by atoms with Crippen LogP contribution in [0.15, 0.2) is 28.8 Å². The minimum Gasteiger partial charge on any atom is -0.290 e. The van der Waals surface area contributed by atoms with Crippen molar-refractivity contribution in [2.45, 2.75) is 32.7 Å². The zero-order chi connectivity index (χ0) is 12.0. The van der Waals surface area contributed by atoms with E-state index in [-0.39, 0.29) is 16.7 Å². The van der Waals surface area contributed by atoms with Gasteiger partial charge in [0.25, 0.3) is 0 Å². The molecule has 2 rings (SSSR count). The molecule has 0 saturated heterocycles.